The molecule has 0 atom stereocenters. The van der Waals surface area contributed by atoms with E-state index in [0.717, 1.165) is 11.0 Å². The maximum atomic E-state index is 13.5. The average Bonchev–Trinajstić information content (AvgIpc) is 2.38. The molecule has 0 heterocycles. The van der Waals surface area contributed by atoms with Gasteiger partial charge in [0.05, 0.1) is 16.6 Å². The number of benzene rings is 1. The number of rotatable bonds is 6. The van der Waals surface area contributed by atoms with E-state index in [1.807, 2.05) is 0 Å². The van der Waals surface area contributed by atoms with Gasteiger partial charge in [-0.25, -0.2) is 4.39 Å². The van der Waals surface area contributed by atoms with Crippen molar-refractivity contribution in [2.24, 2.45) is 5.92 Å². The summed E-state index contributed by atoms with van der Waals surface area (Å²) in [4.78, 5) is 34.3. The fourth-order valence-electron chi connectivity index (χ4n) is 1.86. The molecule has 0 saturated heterocycles. The van der Waals surface area contributed by atoms with Crippen molar-refractivity contribution >= 4 is 33.5 Å². The van der Waals surface area contributed by atoms with Crippen LogP contribution in [0.1, 0.15) is 24.2 Å². The van der Waals surface area contributed by atoms with Crippen LogP contribution in [0.3, 0.4) is 0 Å². The zero-order valence-corrected chi connectivity index (χ0v) is 13.5. The van der Waals surface area contributed by atoms with Crippen molar-refractivity contribution in [3.63, 3.8) is 0 Å². The van der Waals surface area contributed by atoms with E-state index < -0.39 is 34.8 Å². The van der Waals surface area contributed by atoms with Crippen LogP contribution in [0.4, 0.5) is 10.1 Å². The topological polar surface area (TPSA) is 101 Å². The Balaban J connectivity index is 3.29. The molecule has 7 nitrogen and oxygen atoms in total. The van der Waals surface area contributed by atoms with E-state index in [4.69, 9.17) is 5.11 Å². The number of halogens is 2. The van der Waals surface area contributed by atoms with Gasteiger partial charge in [-0.05, 0) is 27.9 Å². The minimum atomic E-state index is -1.23. The first kappa shape index (κ1) is 18.0. The molecule has 1 aromatic rings. The van der Waals surface area contributed by atoms with Crippen LogP contribution in [0.2, 0.25) is 0 Å². The summed E-state index contributed by atoms with van der Waals surface area (Å²) < 4.78 is 13.3. The fourth-order valence-corrected chi connectivity index (χ4v) is 2.40. The molecule has 0 aliphatic rings. The Kier molecular flexibility index (Phi) is 5.98. The molecule has 1 aromatic carbocycles. The SMILES string of the molecule is CC(C)CN(CC(=O)O)C(=O)c1cc(F)cc([N+](=O)[O-])c1Br. The lowest BCUT2D eigenvalue weighted by molar-refractivity contribution is -0.385. The Hall–Kier alpha value is -2.03. The van der Waals surface area contributed by atoms with E-state index in [1.165, 1.54) is 0 Å². The Labute approximate surface area is 134 Å². The molecule has 0 saturated carbocycles. The molecule has 0 aliphatic carbocycles. The highest BCUT2D eigenvalue weighted by molar-refractivity contribution is 9.10. The minimum absolute atomic E-state index is 0.0226. The van der Waals surface area contributed by atoms with Crippen LogP contribution in [0.5, 0.6) is 0 Å². The lowest BCUT2D eigenvalue weighted by Crippen LogP contribution is -2.38. The minimum Gasteiger partial charge on any atom is -0.480 e. The number of aliphatic carboxylic acids is 1. The van der Waals surface area contributed by atoms with Gasteiger partial charge in [0, 0.05) is 6.54 Å². The maximum absolute atomic E-state index is 13.5. The van der Waals surface area contributed by atoms with Crippen LogP contribution in [0, 0.1) is 21.8 Å². The second-order valence-corrected chi connectivity index (χ2v) is 5.81. The van der Waals surface area contributed by atoms with Gasteiger partial charge in [-0.1, -0.05) is 13.8 Å². The van der Waals surface area contributed by atoms with E-state index in [2.05, 4.69) is 15.9 Å². The van der Waals surface area contributed by atoms with E-state index >= 15 is 0 Å². The second kappa shape index (κ2) is 7.30. The van der Waals surface area contributed by atoms with Gasteiger partial charge < -0.3 is 10.0 Å². The number of hydrogen-bond acceptors (Lipinski definition) is 4. The molecule has 1 rings (SSSR count). The summed E-state index contributed by atoms with van der Waals surface area (Å²) in [5.41, 5.74) is -0.878. The number of nitro groups is 1. The third-order valence-electron chi connectivity index (χ3n) is 2.64. The molecule has 0 aromatic heterocycles. The third-order valence-corrected chi connectivity index (χ3v) is 3.48. The predicted octanol–water partition coefficient (Wildman–Crippen LogP) is 2.68. The Morgan fingerprint density at radius 1 is 1.45 bits per heavy atom. The largest absolute Gasteiger partial charge is 0.480 e. The van der Waals surface area contributed by atoms with E-state index in [9.17, 15) is 24.1 Å². The van der Waals surface area contributed by atoms with Crippen LogP contribution in [0.15, 0.2) is 16.6 Å². The third kappa shape index (κ3) is 4.48. The highest BCUT2D eigenvalue weighted by Gasteiger charge is 2.26. The summed E-state index contributed by atoms with van der Waals surface area (Å²) in [5, 5.41) is 19.7. The molecule has 0 fully saturated rings. The normalized spacial score (nSPS) is 10.6. The fraction of sp³-hybridized carbons (Fsp3) is 0.385. The first-order valence-electron chi connectivity index (χ1n) is 6.28. The van der Waals surface area contributed by atoms with Gasteiger partial charge >= 0.3 is 5.97 Å². The summed E-state index contributed by atoms with van der Waals surface area (Å²) in [6, 6.07) is 1.53. The Morgan fingerprint density at radius 3 is 2.50 bits per heavy atom. The number of carbonyl (C=O) groups excluding carboxylic acids is 1. The number of carboxylic acid groups (broad SMARTS) is 1. The van der Waals surface area contributed by atoms with Crippen LogP contribution >= 0.6 is 15.9 Å². The molecule has 0 spiro atoms. The van der Waals surface area contributed by atoms with E-state index in [0.29, 0.717) is 6.07 Å². The van der Waals surface area contributed by atoms with Gasteiger partial charge in [-0.3, -0.25) is 19.7 Å². The van der Waals surface area contributed by atoms with Gasteiger partial charge in [-0.2, -0.15) is 0 Å². The summed E-state index contributed by atoms with van der Waals surface area (Å²) in [6.45, 7) is 3.12. The van der Waals surface area contributed by atoms with Crippen LogP contribution in [-0.2, 0) is 4.79 Å². The van der Waals surface area contributed by atoms with Gasteiger partial charge in [0.2, 0.25) is 0 Å². The molecule has 1 N–H and O–H groups in total. The lowest BCUT2D eigenvalue weighted by atomic mass is 10.1. The molecule has 9 heteroatoms. The number of carbonyl (C=O) groups is 2. The van der Waals surface area contributed by atoms with Crippen molar-refractivity contribution in [1.29, 1.82) is 0 Å². The smallest absolute Gasteiger partial charge is 0.323 e. The maximum Gasteiger partial charge on any atom is 0.323 e. The van der Waals surface area contributed by atoms with Crippen molar-refractivity contribution in [3.8, 4) is 0 Å². The van der Waals surface area contributed by atoms with E-state index in [-0.39, 0.29) is 22.5 Å². The van der Waals surface area contributed by atoms with Crippen molar-refractivity contribution in [2.45, 2.75) is 13.8 Å². The quantitative estimate of drug-likeness (QED) is 0.607. The molecule has 0 bridgehead atoms. The number of nitrogens with zero attached hydrogens (tertiary/aromatic N) is 2. The monoisotopic (exact) mass is 376 g/mol. The van der Waals surface area contributed by atoms with Gasteiger partial charge in [0.25, 0.3) is 11.6 Å². The summed E-state index contributed by atoms with van der Waals surface area (Å²) in [7, 11) is 0. The van der Waals surface area contributed by atoms with Crippen LogP contribution in [-0.4, -0.2) is 39.9 Å². The molecule has 22 heavy (non-hydrogen) atoms. The van der Waals surface area contributed by atoms with Crippen LogP contribution < -0.4 is 0 Å². The average molecular weight is 377 g/mol. The van der Waals surface area contributed by atoms with Crippen LogP contribution in [0.25, 0.3) is 0 Å². The zero-order chi connectivity index (χ0) is 17.0. The molecule has 120 valence electrons. The highest BCUT2D eigenvalue weighted by Crippen LogP contribution is 2.30. The van der Waals surface area contributed by atoms with Crippen molar-refractivity contribution < 1.29 is 24.0 Å². The highest BCUT2D eigenvalue weighted by atomic mass is 79.9. The van der Waals surface area contributed by atoms with Gasteiger partial charge in [0.15, 0.2) is 0 Å². The zero-order valence-electron chi connectivity index (χ0n) is 11.9. The van der Waals surface area contributed by atoms with Crippen molar-refractivity contribution in [1.82, 2.24) is 4.90 Å². The first-order valence-corrected chi connectivity index (χ1v) is 7.07. The standard InChI is InChI=1S/C13H14BrFN2O5/c1-7(2)5-16(6-11(18)19)13(20)9-3-8(15)4-10(12(9)14)17(21)22/h3-4,7H,5-6H2,1-2H3,(H,18,19). The summed E-state index contributed by atoms with van der Waals surface area (Å²) >= 11 is 2.91. The molecule has 1 amide bonds. The predicted molar refractivity (Wildman–Crippen MR) is 79.1 cm³/mol. The molecular formula is C13H14BrFN2O5. The van der Waals surface area contributed by atoms with Gasteiger partial charge in [0.1, 0.15) is 16.8 Å². The van der Waals surface area contributed by atoms with Gasteiger partial charge in [-0.15, -0.1) is 0 Å². The first-order chi connectivity index (χ1) is 10.1. The molecular weight excluding hydrogens is 363 g/mol. The number of amides is 1. The summed E-state index contributed by atoms with van der Waals surface area (Å²) in [6.07, 6.45) is 0. The van der Waals surface area contributed by atoms with E-state index in [1.54, 1.807) is 13.8 Å². The Bertz CT molecular complexity index is 621. The number of hydrogen-bond donors (Lipinski definition) is 1. The Morgan fingerprint density at radius 2 is 2.05 bits per heavy atom. The van der Waals surface area contributed by atoms with Crippen molar-refractivity contribution in [3.05, 3.63) is 38.1 Å². The summed E-state index contributed by atoms with van der Waals surface area (Å²) in [5.74, 6) is -2.98. The number of carboxylic acids is 1. The molecule has 0 unspecified atom stereocenters. The lowest BCUT2D eigenvalue weighted by Gasteiger charge is -2.23. The molecule has 0 aliphatic heterocycles. The number of nitro benzene ring substituents is 1. The second-order valence-electron chi connectivity index (χ2n) is 5.02. The molecule has 0 radical (unpaired) electrons. The van der Waals surface area contributed by atoms with Crippen molar-refractivity contribution in [2.75, 3.05) is 13.1 Å².